The highest BCUT2D eigenvalue weighted by Gasteiger charge is 2.40. The smallest absolute Gasteiger partial charge is 0.246 e. The van der Waals surface area contributed by atoms with Crippen LogP contribution in [0.2, 0.25) is 15.1 Å². The van der Waals surface area contributed by atoms with Gasteiger partial charge in [-0.2, -0.15) is 0 Å². The van der Waals surface area contributed by atoms with Gasteiger partial charge >= 0.3 is 0 Å². The molecule has 1 unspecified atom stereocenters. The van der Waals surface area contributed by atoms with Gasteiger partial charge in [0.05, 0.1) is 13.0 Å². The van der Waals surface area contributed by atoms with E-state index in [1.807, 2.05) is 48.5 Å². The molecule has 0 spiro atoms. The molecular weight excluding hydrogens is 545 g/mol. The molecule has 3 aromatic carbocycles. The molecule has 0 bridgehead atoms. The van der Waals surface area contributed by atoms with Crippen LogP contribution >= 0.6 is 34.8 Å². The van der Waals surface area contributed by atoms with Gasteiger partial charge in [0, 0.05) is 34.7 Å². The number of amides is 3. The number of rotatable bonds is 10. The van der Waals surface area contributed by atoms with Crippen LogP contribution in [-0.4, -0.2) is 53.2 Å². The maximum Gasteiger partial charge on any atom is 0.246 e. The van der Waals surface area contributed by atoms with Crippen molar-refractivity contribution in [2.24, 2.45) is 0 Å². The van der Waals surface area contributed by atoms with Crippen LogP contribution in [0.3, 0.4) is 0 Å². The van der Waals surface area contributed by atoms with E-state index in [1.54, 1.807) is 24.3 Å². The average Bonchev–Trinajstić information content (AvgIpc) is 2.90. The number of benzene rings is 3. The van der Waals surface area contributed by atoms with Gasteiger partial charge in [0.15, 0.2) is 0 Å². The summed E-state index contributed by atoms with van der Waals surface area (Å²) in [5, 5.41) is 4.58. The largest absolute Gasteiger partial charge is 0.356 e. The fourth-order valence-corrected chi connectivity index (χ4v) is 5.07. The first-order valence-corrected chi connectivity index (χ1v) is 13.5. The lowest BCUT2D eigenvalue weighted by Crippen LogP contribution is -2.60. The van der Waals surface area contributed by atoms with Crippen LogP contribution in [0.5, 0.6) is 0 Å². The van der Waals surface area contributed by atoms with Crippen LogP contribution in [0.25, 0.3) is 0 Å². The van der Waals surface area contributed by atoms with E-state index in [0.29, 0.717) is 41.0 Å². The first-order chi connectivity index (χ1) is 18.3. The predicted octanol–water partition coefficient (Wildman–Crippen LogP) is 5.18. The molecule has 3 amide bonds. The van der Waals surface area contributed by atoms with E-state index in [2.05, 4.69) is 5.32 Å². The third-order valence-electron chi connectivity index (χ3n) is 6.51. The van der Waals surface area contributed by atoms with Gasteiger partial charge in [-0.25, -0.2) is 0 Å². The summed E-state index contributed by atoms with van der Waals surface area (Å²) in [5.41, 5.74) is 2.76. The normalized spacial score (nSPS) is 15.6. The van der Waals surface area contributed by atoms with E-state index in [-0.39, 0.29) is 37.2 Å². The highest BCUT2D eigenvalue weighted by atomic mass is 35.5. The Morgan fingerprint density at radius 2 is 1.58 bits per heavy atom. The third kappa shape index (κ3) is 7.50. The lowest BCUT2D eigenvalue weighted by atomic mass is 10.0. The first kappa shape index (κ1) is 28.0. The summed E-state index contributed by atoms with van der Waals surface area (Å²) in [6.45, 7) is 0.920. The topological polar surface area (TPSA) is 69.7 Å². The molecule has 1 N–H and O–H groups in total. The fraction of sp³-hybridized carbons (Fsp3) is 0.276. The van der Waals surface area contributed by atoms with Crippen molar-refractivity contribution in [2.75, 3.05) is 19.6 Å². The van der Waals surface area contributed by atoms with Gasteiger partial charge in [0.1, 0.15) is 6.04 Å². The van der Waals surface area contributed by atoms with Crippen LogP contribution in [-0.2, 0) is 33.8 Å². The Hall–Kier alpha value is -3.06. The number of halogens is 3. The molecule has 3 aromatic rings. The fourth-order valence-electron chi connectivity index (χ4n) is 4.44. The number of piperazine rings is 1. The minimum Gasteiger partial charge on any atom is -0.356 e. The lowest BCUT2D eigenvalue weighted by molar-refractivity contribution is -0.157. The molecule has 1 fully saturated rings. The van der Waals surface area contributed by atoms with Crippen LogP contribution in [0.4, 0.5) is 0 Å². The van der Waals surface area contributed by atoms with Crippen molar-refractivity contribution in [3.8, 4) is 0 Å². The van der Waals surface area contributed by atoms with Crippen LogP contribution < -0.4 is 5.32 Å². The summed E-state index contributed by atoms with van der Waals surface area (Å²) in [5.74, 6) is -0.737. The van der Waals surface area contributed by atoms with Crippen LogP contribution in [0, 0.1) is 0 Å². The highest BCUT2D eigenvalue weighted by molar-refractivity contribution is 6.35. The van der Waals surface area contributed by atoms with Crippen molar-refractivity contribution in [1.29, 1.82) is 0 Å². The van der Waals surface area contributed by atoms with Crippen molar-refractivity contribution < 1.29 is 14.4 Å². The maximum absolute atomic E-state index is 13.6. The molecule has 1 atom stereocenters. The lowest BCUT2D eigenvalue weighted by Gasteiger charge is -2.40. The zero-order chi connectivity index (χ0) is 27.1. The predicted molar refractivity (Wildman–Crippen MR) is 150 cm³/mol. The highest BCUT2D eigenvalue weighted by Crippen LogP contribution is 2.23. The van der Waals surface area contributed by atoms with E-state index in [4.69, 9.17) is 34.8 Å². The molecule has 6 nitrogen and oxygen atoms in total. The molecule has 0 aromatic heterocycles. The number of nitrogens with one attached hydrogen (secondary N) is 1. The summed E-state index contributed by atoms with van der Waals surface area (Å²) in [6.07, 6.45) is 0.978. The van der Waals surface area contributed by atoms with E-state index in [9.17, 15) is 14.4 Å². The Morgan fingerprint density at radius 3 is 2.29 bits per heavy atom. The monoisotopic (exact) mass is 571 g/mol. The van der Waals surface area contributed by atoms with Crippen molar-refractivity contribution >= 4 is 52.5 Å². The van der Waals surface area contributed by atoms with E-state index >= 15 is 0 Å². The Balaban J connectivity index is 1.44. The molecule has 9 heteroatoms. The standard InChI is InChI=1S/C29H28Cl3N3O3/c30-23-9-6-20(7-10-23)12-14-33-27(36)17-26-29(38)34(15-13-22-8-11-24(31)16-25(22)32)19-28(37)35(26)18-21-4-2-1-3-5-21/h1-11,16,26H,12-15,17-19H2,(H,33,36). The van der Waals surface area contributed by atoms with Crippen LogP contribution in [0.1, 0.15) is 23.1 Å². The van der Waals surface area contributed by atoms with Gasteiger partial charge in [-0.3, -0.25) is 14.4 Å². The summed E-state index contributed by atoms with van der Waals surface area (Å²) in [7, 11) is 0. The second-order valence-electron chi connectivity index (χ2n) is 9.20. The second kappa shape index (κ2) is 13.1. The quantitative estimate of drug-likeness (QED) is 0.364. The zero-order valence-corrected chi connectivity index (χ0v) is 23.0. The number of nitrogens with zero attached hydrogens (tertiary/aromatic N) is 2. The molecule has 0 aliphatic carbocycles. The molecule has 198 valence electrons. The molecule has 38 heavy (non-hydrogen) atoms. The second-order valence-corrected chi connectivity index (χ2v) is 10.5. The minimum atomic E-state index is -0.896. The summed E-state index contributed by atoms with van der Waals surface area (Å²) in [6, 6.07) is 21.2. The van der Waals surface area contributed by atoms with Crippen molar-refractivity contribution in [3.63, 3.8) is 0 Å². The van der Waals surface area contributed by atoms with Gasteiger partial charge in [0.2, 0.25) is 17.7 Å². The van der Waals surface area contributed by atoms with Crippen molar-refractivity contribution in [2.45, 2.75) is 31.8 Å². The Labute approximate surface area is 237 Å². The summed E-state index contributed by atoms with van der Waals surface area (Å²) >= 11 is 18.2. The molecule has 1 aliphatic rings. The summed E-state index contributed by atoms with van der Waals surface area (Å²) in [4.78, 5) is 42.8. The van der Waals surface area contributed by atoms with Gasteiger partial charge in [-0.15, -0.1) is 0 Å². The number of carbonyl (C=O) groups excluding carboxylic acids is 3. The van der Waals surface area contributed by atoms with E-state index in [1.165, 1.54) is 9.80 Å². The minimum absolute atomic E-state index is 0.0500. The van der Waals surface area contributed by atoms with E-state index < -0.39 is 6.04 Å². The maximum atomic E-state index is 13.6. The average molecular weight is 573 g/mol. The Morgan fingerprint density at radius 1 is 0.868 bits per heavy atom. The zero-order valence-electron chi connectivity index (χ0n) is 20.7. The molecule has 1 heterocycles. The van der Waals surface area contributed by atoms with Crippen LogP contribution in [0.15, 0.2) is 72.8 Å². The van der Waals surface area contributed by atoms with Gasteiger partial charge < -0.3 is 15.1 Å². The number of hydrogen-bond donors (Lipinski definition) is 1. The molecule has 0 radical (unpaired) electrons. The van der Waals surface area contributed by atoms with Gasteiger partial charge in [-0.1, -0.05) is 83.3 Å². The number of hydrogen-bond acceptors (Lipinski definition) is 3. The Kier molecular flexibility index (Phi) is 9.67. The van der Waals surface area contributed by atoms with Crippen molar-refractivity contribution in [3.05, 3.63) is 105 Å². The van der Waals surface area contributed by atoms with Crippen molar-refractivity contribution in [1.82, 2.24) is 15.1 Å². The first-order valence-electron chi connectivity index (χ1n) is 12.4. The molecule has 0 saturated carbocycles. The molecule has 1 saturated heterocycles. The summed E-state index contributed by atoms with van der Waals surface area (Å²) < 4.78 is 0. The van der Waals surface area contributed by atoms with Gasteiger partial charge in [0.25, 0.3) is 0 Å². The third-order valence-corrected chi connectivity index (χ3v) is 7.35. The number of carbonyl (C=O) groups is 3. The SMILES string of the molecule is O=C(CC1C(=O)N(CCc2ccc(Cl)cc2Cl)CC(=O)N1Cc1ccccc1)NCCc1ccc(Cl)cc1. The van der Waals surface area contributed by atoms with E-state index in [0.717, 1.165) is 16.7 Å². The Bertz CT molecular complexity index is 1290. The molecule has 4 rings (SSSR count). The molecule has 1 aliphatic heterocycles. The molecular formula is C29H28Cl3N3O3. The van der Waals surface area contributed by atoms with Gasteiger partial charge in [-0.05, 0) is 53.8 Å².